The third kappa shape index (κ3) is 4.24. The molecule has 0 fully saturated rings. The summed E-state index contributed by atoms with van der Waals surface area (Å²) in [6.45, 7) is 0. The SMILES string of the molecule is c1ccc(C2=NC(c3ccccc3)NC(N3c4ccccc4C4C3c3ccccc3-c3ccccc3N4c3ccccc3)=N2)cc1. The van der Waals surface area contributed by atoms with Gasteiger partial charge >= 0.3 is 0 Å². The average molecular weight is 594 g/mol. The van der Waals surface area contributed by atoms with Crippen molar-refractivity contribution in [3.8, 4) is 11.1 Å². The highest BCUT2D eigenvalue weighted by Gasteiger charge is 2.48. The maximum Gasteiger partial charge on any atom is 0.207 e. The Hall–Kier alpha value is -5.94. The van der Waals surface area contributed by atoms with Crippen LogP contribution in [0.3, 0.4) is 0 Å². The van der Waals surface area contributed by atoms with E-state index in [0.29, 0.717) is 5.84 Å². The van der Waals surface area contributed by atoms with Gasteiger partial charge in [-0.15, -0.1) is 0 Å². The lowest BCUT2D eigenvalue weighted by Gasteiger charge is -2.38. The fourth-order valence-corrected chi connectivity index (χ4v) is 7.28. The molecule has 3 aliphatic heterocycles. The summed E-state index contributed by atoms with van der Waals surface area (Å²) in [4.78, 5) is 15.4. The number of nitrogens with zero attached hydrogens (tertiary/aromatic N) is 4. The molecule has 46 heavy (non-hydrogen) atoms. The van der Waals surface area contributed by atoms with Gasteiger partial charge in [-0.1, -0.05) is 140 Å². The lowest BCUT2D eigenvalue weighted by molar-refractivity contribution is 0.583. The summed E-state index contributed by atoms with van der Waals surface area (Å²) >= 11 is 0. The first-order valence-corrected chi connectivity index (χ1v) is 15.8. The van der Waals surface area contributed by atoms with Crippen LogP contribution in [0.5, 0.6) is 0 Å². The number of amidine groups is 1. The van der Waals surface area contributed by atoms with Crippen LogP contribution in [0, 0.1) is 0 Å². The summed E-state index contributed by atoms with van der Waals surface area (Å²) < 4.78 is 0. The van der Waals surface area contributed by atoms with Crippen LogP contribution in [0.25, 0.3) is 11.1 Å². The molecule has 3 atom stereocenters. The van der Waals surface area contributed by atoms with Crippen molar-refractivity contribution in [1.29, 1.82) is 0 Å². The molecule has 0 aromatic heterocycles. The molecule has 9 rings (SSSR count). The van der Waals surface area contributed by atoms with Crippen LogP contribution in [0.4, 0.5) is 17.1 Å². The van der Waals surface area contributed by atoms with Gasteiger partial charge in [0.2, 0.25) is 5.96 Å². The van der Waals surface area contributed by atoms with Crippen LogP contribution in [0.1, 0.15) is 40.5 Å². The predicted octanol–water partition coefficient (Wildman–Crippen LogP) is 9.21. The van der Waals surface area contributed by atoms with E-state index in [1.807, 2.05) is 24.3 Å². The highest BCUT2D eigenvalue weighted by Crippen LogP contribution is 2.58. The highest BCUT2D eigenvalue weighted by atomic mass is 15.4. The summed E-state index contributed by atoms with van der Waals surface area (Å²) in [7, 11) is 0. The standard InChI is InChI=1S/C41H31N5/c1-4-16-28(17-5-1)39-42-40(29-18-6-2-7-19-29)44-41(43-39)46-36-27-15-13-25-34(36)38-37(46)33-24-11-10-22-31(33)32-23-12-14-26-35(32)45(38)30-20-8-3-9-21-30/h1-27,37-39H,(H,42,43,44). The van der Waals surface area contributed by atoms with Gasteiger partial charge < -0.3 is 15.1 Å². The molecule has 5 heteroatoms. The Kier molecular flexibility index (Phi) is 6.27. The Morgan fingerprint density at radius 1 is 0.478 bits per heavy atom. The predicted molar refractivity (Wildman–Crippen MR) is 188 cm³/mol. The van der Waals surface area contributed by atoms with E-state index in [2.05, 4.69) is 155 Å². The molecule has 3 heterocycles. The second kappa shape index (κ2) is 10.9. The van der Waals surface area contributed by atoms with E-state index >= 15 is 0 Å². The first-order valence-electron chi connectivity index (χ1n) is 15.8. The van der Waals surface area contributed by atoms with Crippen molar-refractivity contribution >= 4 is 28.9 Å². The minimum Gasteiger partial charge on any atom is -0.331 e. The van der Waals surface area contributed by atoms with Gasteiger partial charge in [0, 0.05) is 33.8 Å². The van der Waals surface area contributed by atoms with Gasteiger partial charge in [-0.05, 0) is 41.0 Å². The maximum absolute atomic E-state index is 5.31. The molecule has 220 valence electrons. The molecule has 0 saturated carbocycles. The van der Waals surface area contributed by atoms with Gasteiger partial charge in [-0.3, -0.25) is 0 Å². The van der Waals surface area contributed by atoms with E-state index in [0.717, 1.165) is 28.5 Å². The van der Waals surface area contributed by atoms with E-state index in [1.165, 1.54) is 27.9 Å². The van der Waals surface area contributed by atoms with Crippen LogP contribution < -0.4 is 15.1 Å². The van der Waals surface area contributed by atoms with E-state index in [1.54, 1.807) is 0 Å². The summed E-state index contributed by atoms with van der Waals surface area (Å²) in [5.74, 6) is 1.51. The molecule has 0 saturated heterocycles. The van der Waals surface area contributed by atoms with E-state index in [9.17, 15) is 0 Å². The minimum atomic E-state index is -0.293. The minimum absolute atomic E-state index is 0.0258. The normalized spacial score (nSPS) is 19.4. The lowest BCUT2D eigenvalue weighted by Crippen LogP contribution is -2.47. The van der Waals surface area contributed by atoms with Crippen molar-refractivity contribution in [3.63, 3.8) is 0 Å². The van der Waals surface area contributed by atoms with Crippen LogP contribution in [0.15, 0.2) is 174 Å². The quantitative estimate of drug-likeness (QED) is 0.222. The Morgan fingerprint density at radius 2 is 1.04 bits per heavy atom. The lowest BCUT2D eigenvalue weighted by atomic mass is 9.92. The Balaban J connectivity index is 1.30. The number of benzene rings is 6. The van der Waals surface area contributed by atoms with Gasteiger partial charge in [0.1, 0.15) is 6.17 Å². The number of aliphatic imine (C=N–C) groups is 2. The molecule has 0 spiro atoms. The number of hydrogen-bond donors (Lipinski definition) is 1. The summed E-state index contributed by atoms with van der Waals surface area (Å²) in [6.07, 6.45) is -0.293. The highest BCUT2D eigenvalue weighted by molar-refractivity contribution is 6.13. The molecular weight excluding hydrogens is 562 g/mol. The fraction of sp³-hybridized carbons (Fsp3) is 0.0732. The van der Waals surface area contributed by atoms with Crippen molar-refractivity contribution in [2.45, 2.75) is 18.2 Å². The summed E-state index contributed by atoms with van der Waals surface area (Å²) in [6, 6.07) is 57.9. The van der Waals surface area contributed by atoms with Gasteiger partial charge in [0.15, 0.2) is 5.84 Å². The number of guanidine groups is 1. The van der Waals surface area contributed by atoms with Crippen LogP contribution in [0.2, 0.25) is 0 Å². The second-order valence-electron chi connectivity index (χ2n) is 11.8. The summed E-state index contributed by atoms with van der Waals surface area (Å²) in [5, 5.41) is 3.78. The van der Waals surface area contributed by atoms with Crippen molar-refractivity contribution in [2.24, 2.45) is 9.98 Å². The van der Waals surface area contributed by atoms with Crippen molar-refractivity contribution in [3.05, 3.63) is 186 Å². The zero-order chi connectivity index (χ0) is 30.5. The third-order valence-electron chi connectivity index (χ3n) is 9.24. The third-order valence-corrected chi connectivity index (χ3v) is 9.24. The summed E-state index contributed by atoms with van der Waals surface area (Å²) in [5.41, 5.74) is 10.5. The Bertz CT molecular complexity index is 2110. The van der Waals surface area contributed by atoms with Crippen LogP contribution >= 0.6 is 0 Å². The van der Waals surface area contributed by atoms with Crippen LogP contribution in [-0.2, 0) is 0 Å². The molecule has 3 unspecified atom stereocenters. The molecule has 3 aliphatic rings. The number of rotatable bonds is 3. The molecular formula is C41H31N5. The zero-order valence-electron chi connectivity index (χ0n) is 25.1. The smallest absolute Gasteiger partial charge is 0.207 e. The molecule has 0 aliphatic carbocycles. The Morgan fingerprint density at radius 3 is 1.80 bits per heavy atom. The molecule has 6 aromatic rings. The molecule has 0 bridgehead atoms. The molecule has 1 N–H and O–H groups in total. The van der Waals surface area contributed by atoms with Gasteiger partial charge in [0.05, 0.1) is 12.1 Å². The number of para-hydroxylation sites is 3. The number of nitrogens with one attached hydrogen (secondary N) is 1. The average Bonchev–Trinajstić information content (AvgIpc) is 3.41. The van der Waals surface area contributed by atoms with Crippen molar-refractivity contribution in [1.82, 2.24) is 5.32 Å². The largest absolute Gasteiger partial charge is 0.331 e. The number of hydrogen-bond acceptors (Lipinski definition) is 5. The van der Waals surface area contributed by atoms with Crippen molar-refractivity contribution < 1.29 is 0 Å². The monoisotopic (exact) mass is 593 g/mol. The maximum atomic E-state index is 5.31. The molecule has 6 aromatic carbocycles. The van der Waals surface area contributed by atoms with E-state index in [-0.39, 0.29) is 18.2 Å². The van der Waals surface area contributed by atoms with Crippen molar-refractivity contribution in [2.75, 3.05) is 9.80 Å². The number of fused-ring (bicyclic) bond motifs is 7. The van der Waals surface area contributed by atoms with Gasteiger partial charge in [-0.25, -0.2) is 4.99 Å². The zero-order valence-corrected chi connectivity index (χ0v) is 25.1. The molecule has 5 nitrogen and oxygen atoms in total. The number of anilines is 3. The first-order chi connectivity index (χ1) is 22.8. The van der Waals surface area contributed by atoms with E-state index in [4.69, 9.17) is 9.98 Å². The molecule has 0 amide bonds. The Labute approximate surface area is 268 Å². The van der Waals surface area contributed by atoms with Gasteiger partial charge in [0.25, 0.3) is 0 Å². The van der Waals surface area contributed by atoms with Crippen LogP contribution in [-0.4, -0.2) is 11.8 Å². The topological polar surface area (TPSA) is 43.2 Å². The van der Waals surface area contributed by atoms with E-state index < -0.39 is 0 Å². The van der Waals surface area contributed by atoms with Gasteiger partial charge in [-0.2, -0.15) is 4.99 Å². The first kappa shape index (κ1) is 26.5. The second-order valence-corrected chi connectivity index (χ2v) is 11.8. The molecule has 0 radical (unpaired) electrons. The fourth-order valence-electron chi connectivity index (χ4n) is 7.28.